The van der Waals surface area contributed by atoms with Gasteiger partial charge in [0.25, 0.3) is 5.56 Å². The Morgan fingerprint density at radius 2 is 1.97 bits per heavy atom. The number of aromatic amines is 1. The van der Waals surface area contributed by atoms with E-state index in [1.165, 1.54) is 12.8 Å². The zero-order chi connectivity index (χ0) is 24.6. The highest BCUT2D eigenvalue weighted by atomic mass is 16.7. The SMILES string of the molecule is CC(C)C(c1nnnn1Cc1ccco1)N(Cc1cc2cc3c(cc2[nH]c1=O)OCO3)C1CCCC1. The van der Waals surface area contributed by atoms with Gasteiger partial charge in [-0.3, -0.25) is 9.69 Å². The Hall–Kier alpha value is -3.66. The number of furan rings is 1. The zero-order valence-electron chi connectivity index (χ0n) is 20.5. The lowest BCUT2D eigenvalue weighted by atomic mass is 9.97. The summed E-state index contributed by atoms with van der Waals surface area (Å²) in [5, 5.41) is 13.7. The molecule has 1 saturated carbocycles. The van der Waals surface area contributed by atoms with Gasteiger partial charge in [0, 0.05) is 29.6 Å². The molecule has 0 saturated heterocycles. The molecule has 0 spiro atoms. The lowest BCUT2D eigenvalue weighted by molar-refractivity contribution is 0.0842. The summed E-state index contributed by atoms with van der Waals surface area (Å²) in [6.45, 7) is 5.52. The largest absolute Gasteiger partial charge is 0.467 e. The van der Waals surface area contributed by atoms with E-state index in [0.717, 1.165) is 35.3 Å². The van der Waals surface area contributed by atoms with E-state index in [-0.39, 0.29) is 24.3 Å². The van der Waals surface area contributed by atoms with Crippen LogP contribution in [0.4, 0.5) is 0 Å². The third kappa shape index (κ3) is 4.26. The third-order valence-corrected chi connectivity index (χ3v) is 7.26. The van der Waals surface area contributed by atoms with Gasteiger partial charge in [0.2, 0.25) is 6.79 Å². The molecule has 36 heavy (non-hydrogen) atoms. The normalized spacial score (nSPS) is 16.6. The molecule has 10 nitrogen and oxygen atoms in total. The Bertz CT molecular complexity index is 1400. The lowest BCUT2D eigenvalue weighted by Crippen LogP contribution is -2.41. The second kappa shape index (κ2) is 9.42. The molecule has 4 aromatic rings. The van der Waals surface area contributed by atoms with Gasteiger partial charge in [-0.05, 0) is 53.5 Å². The van der Waals surface area contributed by atoms with Crippen molar-refractivity contribution in [3.05, 3.63) is 64.1 Å². The van der Waals surface area contributed by atoms with Crippen LogP contribution in [0.3, 0.4) is 0 Å². The number of tetrazole rings is 1. The van der Waals surface area contributed by atoms with E-state index in [4.69, 9.17) is 13.9 Å². The molecule has 1 aliphatic heterocycles. The summed E-state index contributed by atoms with van der Waals surface area (Å²) in [5.41, 5.74) is 1.36. The highest BCUT2D eigenvalue weighted by molar-refractivity contribution is 5.83. The fraction of sp³-hybridized carbons (Fsp3) is 0.462. The Balaban J connectivity index is 1.38. The summed E-state index contributed by atoms with van der Waals surface area (Å²) in [5.74, 6) is 3.16. The second-order valence-corrected chi connectivity index (χ2v) is 9.99. The molecule has 0 radical (unpaired) electrons. The minimum absolute atomic E-state index is 0.0649. The summed E-state index contributed by atoms with van der Waals surface area (Å²) in [6, 6.07) is 9.80. The molecule has 3 aromatic heterocycles. The third-order valence-electron chi connectivity index (χ3n) is 7.26. The van der Waals surface area contributed by atoms with Crippen LogP contribution < -0.4 is 15.0 Å². The first-order valence-corrected chi connectivity index (χ1v) is 12.6. The Kier molecular flexibility index (Phi) is 5.96. The van der Waals surface area contributed by atoms with Crippen LogP contribution in [0.5, 0.6) is 11.5 Å². The van der Waals surface area contributed by atoms with Crippen molar-refractivity contribution in [1.29, 1.82) is 0 Å². The van der Waals surface area contributed by atoms with Crippen LogP contribution in [0.25, 0.3) is 10.9 Å². The fourth-order valence-corrected chi connectivity index (χ4v) is 5.56. The van der Waals surface area contributed by atoms with E-state index < -0.39 is 0 Å². The number of benzene rings is 1. The van der Waals surface area contributed by atoms with Crippen molar-refractivity contribution in [2.45, 2.75) is 64.7 Å². The van der Waals surface area contributed by atoms with Crippen molar-refractivity contribution in [3.63, 3.8) is 0 Å². The smallest absolute Gasteiger partial charge is 0.252 e. The van der Waals surface area contributed by atoms with Gasteiger partial charge in [0.05, 0.1) is 17.8 Å². The first kappa shape index (κ1) is 22.8. The van der Waals surface area contributed by atoms with Crippen LogP contribution in [0, 0.1) is 5.92 Å². The molecule has 1 aliphatic carbocycles. The maximum Gasteiger partial charge on any atom is 0.252 e. The van der Waals surface area contributed by atoms with E-state index in [0.29, 0.717) is 36.2 Å². The van der Waals surface area contributed by atoms with Gasteiger partial charge in [0.15, 0.2) is 17.3 Å². The van der Waals surface area contributed by atoms with E-state index in [9.17, 15) is 4.79 Å². The van der Waals surface area contributed by atoms with Crippen molar-refractivity contribution in [1.82, 2.24) is 30.1 Å². The number of nitrogens with zero attached hydrogens (tertiary/aromatic N) is 5. The van der Waals surface area contributed by atoms with Crippen LogP contribution in [0.1, 0.15) is 62.7 Å². The fourth-order valence-electron chi connectivity index (χ4n) is 5.56. The van der Waals surface area contributed by atoms with E-state index in [1.807, 2.05) is 35.0 Å². The number of pyridine rings is 1. The van der Waals surface area contributed by atoms with Crippen molar-refractivity contribution in [2.75, 3.05) is 6.79 Å². The number of hydrogen-bond acceptors (Lipinski definition) is 8. The number of H-pyrrole nitrogens is 1. The first-order chi connectivity index (χ1) is 17.6. The van der Waals surface area contributed by atoms with Crippen LogP contribution >= 0.6 is 0 Å². The second-order valence-electron chi connectivity index (χ2n) is 9.99. The molecule has 4 heterocycles. The molecule has 2 aliphatic rings. The van der Waals surface area contributed by atoms with Crippen molar-refractivity contribution in [2.24, 2.45) is 5.92 Å². The summed E-state index contributed by atoms with van der Waals surface area (Å²) < 4.78 is 18.4. The summed E-state index contributed by atoms with van der Waals surface area (Å²) >= 11 is 0. The summed E-state index contributed by atoms with van der Waals surface area (Å²) in [6.07, 6.45) is 6.20. The van der Waals surface area contributed by atoms with Crippen molar-refractivity contribution < 1.29 is 13.9 Å². The predicted molar refractivity (Wildman–Crippen MR) is 132 cm³/mol. The summed E-state index contributed by atoms with van der Waals surface area (Å²) in [7, 11) is 0. The Labute approximate surface area is 208 Å². The van der Waals surface area contributed by atoms with Gasteiger partial charge in [0.1, 0.15) is 12.3 Å². The maximum atomic E-state index is 13.2. The van der Waals surface area contributed by atoms with Crippen LogP contribution in [0.15, 0.2) is 45.8 Å². The zero-order valence-corrected chi connectivity index (χ0v) is 20.5. The number of nitrogens with one attached hydrogen (secondary N) is 1. The van der Waals surface area contributed by atoms with Crippen LogP contribution in [-0.4, -0.2) is 42.9 Å². The average molecular weight is 491 g/mol. The van der Waals surface area contributed by atoms with E-state index in [2.05, 4.69) is 39.3 Å². The quantitative estimate of drug-likeness (QED) is 0.394. The van der Waals surface area contributed by atoms with Gasteiger partial charge < -0.3 is 18.9 Å². The number of aromatic nitrogens is 5. The highest BCUT2D eigenvalue weighted by Crippen LogP contribution is 2.37. The van der Waals surface area contributed by atoms with Gasteiger partial charge >= 0.3 is 0 Å². The molecular weight excluding hydrogens is 460 g/mol. The molecule has 1 aromatic carbocycles. The molecular formula is C26H30N6O4. The highest BCUT2D eigenvalue weighted by Gasteiger charge is 2.35. The number of hydrogen-bond donors (Lipinski definition) is 1. The Morgan fingerprint density at radius 1 is 1.17 bits per heavy atom. The standard InChI is InChI=1S/C26H30N6O4/c1-16(2)24(25-28-29-30-32(25)14-20-8-5-9-34-20)31(19-6-3-4-7-19)13-18-10-17-11-22-23(36-15-35-22)12-21(17)27-26(18)33/h5,8-12,16,19,24H,3-4,6-7,13-15H2,1-2H3,(H,27,33). The van der Waals surface area contributed by atoms with E-state index in [1.54, 1.807) is 6.26 Å². The minimum Gasteiger partial charge on any atom is -0.467 e. The molecule has 1 N–H and O–H groups in total. The van der Waals surface area contributed by atoms with Crippen LogP contribution in [-0.2, 0) is 13.1 Å². The molecule has 1 fully saturated rings. The van der Waals surface area contributed by atoms with Crippen molar-refractivity contribution >= 4 is 10.9 Å². The minimum atomic E-state index is -0.0953. The van der Waals surface area contributed by atoms with Gasteiger partial charge in [-0.25, -0.2) is 4.68 Å². The average Bonchev–Trinajstić information content (AvgIpc) is 3.66. The molecule has 188 valence electrons. The maximum absolute atomic E-state index is 13.2. The molecule has 1 unspecified atom stereocenters. The predicted octanol–water partition coefficient (Wildman–Crippen LogP) is 4.03. The van der Waals surface area contributed by atoms with Gasteiger partial charge in [-0.2, -0.15) is 0 Å². The molecule has 1 atom stereocenters. The monoisotopic (exact) mass is 490 g/mol. The number of ether oxygens (including phenoxy) is 2. The summed E-state index contributed by atoms with van der Waals surface area (Å²) in [4.78, 5) is 18.7. The first-order valence-electron chi connectivity index (χ1n) is 12.6. The molecule has 0 bridgehead atoms. The van der Waals surface area contributed by atoms with Crippen LogP contribution in [0.2, 0.25) is 0 Å². The van der Waals surface area contributed by atoms with Gasteiger partial charge in [-0.1, -0.05) is 26.7 Å². The van der Waals surface area contributed by atoms with Gasteiger partial charge in [-0.15, -0.1) is 5.10 Å². The number of rotatable bonds is 8. The molecule has 0 amide bonds. The van der Waals surface area contributed by atoms with Crippen molar-refractivity contribution in [3.8, 4) is 11.5 Å². The molecule has 6 rings (SSSR count). The topological polar surface area (TPSA) is 111 Å². The number of fused-ring (bicyclic) bond motifs is 2. The lowest BCUT2D eigenvalue weighted by Gasteiger charge is -2.37. The molecule has 10 heteroatoms. The Morgan fingerprint density at radius 3 is 2.72 bits per heavy atom. The van der Waals surface area contributed by atoms with E-state index >= 15 is 0 Å².